The number of fused-ring (bicyclic) bond motifs is 1. The van der Waals surface area contributed by atoms with Crippen LogP contribution in [0.4, 0.5) is 0 Å². The molecule has 0 unspecified atom stereocenters. The third kappa shape index (κ3) is 5.62. The van der Waals surface area contributed by atoms with Crippen LogP contribution in [0.25, 0.3) is 10.8 Å². The minimum atomic E-state index is -0.566. The predicted octanol–water partition coefficient (Wildman–Crippen LogP) is 2.68. The molecule has 0 saturated carbocycles. The van der Waals surface area contributed by atoms with Crippen LogP contribution in [-0.4, -0.2) is 30.6 Å². The molecule has 0 fully saturated rings. The third-order valence-electron chi connectivity index (χ3n) is 2.94. The summed E-state index contributed by atoms with van der Waals surface area (Å²) < 4.78 is 10.5. The first kappa shape index (κ1) is 16.8. The van der Waals surface area contributed by atoms with E-state index in [9.17, 15) is 9.59 Å². The minimum Gasteiger partial charge on any atom is -0.484 e. The number of hydrogen-bond donors (Lipinski definition) is 1. The monoisotopic (exact) mass is 315 g/mol. The minimum absolute atomic E-state index is 0.152. The number of benzene rings is 2. The van der Waals surface area contributed by atoms with E-state index in [1.165, 1.54) is 0 Å². The summed E-state index contributed by atoms with van der Waals surface area (Å²) in [5, 5.41) is 4.62. The van der Waals surface area contributed by atoms with Crippen LogP contribution in [0.1, 0.15) is 20.8 Å². The Balaban J connectivity index is 1.80. The Hall–Kier alpha value is -2.56. The van der Waals surface area contributed by atoms with E-state index in [0.29, 0.717) is 5.75 Å². The number of nitrogens with one attached hydrogen (secondary N) is 1. The van der Waals surface area contributed by atoms with Gasteiger partial charge in [-0.25, -0.2) is 0 Å². The number of amides is 1. The Bertz CT molecular complexity index is 703. The van der Waals surface area contributed by atoms with E-state index in [-0.39, 0.29) is 19.1 Å². The highest BCUT2D eigenvalue weighted by molar-refractivity contribution is 5.84. The summed E-state index contributed by atoms with van der Waals surface area (Å²) in [6.07, 6.45) is 0. The lowest BCUT2D eigenvalue weighted by Crippen LogP contribution is -2.36. The Kier molecular flexibility index (Phi) is 5.21. The Morgan fingerprint density at radius 3 is 2.43 bits per heavy atom. The Morgan fingerprint density at radius 1 is 1.04 bits per heavy atom. The Labute approximate surface area is 135 Å². The van der Waals surface area contributed by atoms with Gasteiger partial charge in [0.05, 0.1) is 0 Å². The molecular formula is C18H21NO4. The lowest BCUT2D eigenvalue weighted by Gasteiger charge is -2.19. The van der Waals surface area contributed by atoms with Crippen LogP contribution in [0, 0.1) is 0 Å². The topological polar surface area (TPSA) is 64.6 Å². The van der Waals surface area contributed by atoms with Crippen molar-refractivity contribution in [1.29, 1.82) is 0 Å². The molecule has 5 heteroatoms. The molecule has 23 heavy (non-hydrogen) atoms. The molecular weight excluding hydrogens is 294 g/mol. The van der Waals surface area contributed by atoms with E-state index in [1.807, 2.05) is 42.5 Å². The summed E-state index contributed by atoms with van der Waals surface area (Å²) in [7, 11) is 0. The van der Waals surface area contributed by atoms with Gasteiger partial charge >= 0.3 is 5.97 Å². The molecule has 2 aromatic carbocycles. The molecule has 5 nitrogen and oxygen atoms in total. The molecule has 0 spiro atoms. The van der Waals surface area contributed by atoms with E-state index in [0.717, 1.165) is 10.8 Å². The molecule has 0 atom stereocenters. The number of esters is 1. The van der Waals surface area contributed by atoms with Crippen molar-refractivity contribution in [3.05, 3.63) is 42.5 Å². The van der Waals surface area contributed by atoms with E-state index in [2.05, 4.69) is 5.32 Å². The van der Waals surface area contributed by atoms with Gasteiger partial charge in [0.1, 0.15) is 17.9 Å². The maximum Gasteiger partial charge on any atom is 0.325 e. The zero-order chi connectivity index (χ0) is 16.9. The summed E-state index contributed by atoms with van der Waals surface area (Å²) in [5.74, 6) is -0.239. The molecule has 2 rings (SSSR count). The fraction of sp³-hybridized carbons (Fsp3) is 0.333. The largest absolute Gasteiger partial charge is 0.484 e. The normalized spacial score (nSPS) is 11.1. The van der Waals surface area contributed by atoms with Crippen LogP contribution < -0.4 is 10.1 Å². The lowest BCUT2D eigenvalue weighted by molar-refractivity contribution is -0.154. The second-order valence-corrected chi connectivity index (χ2v) is 6.16. The van der Waals surface area contributed by atoms with Gasteiger partial charge < -0.3 is 14.8 Å². The van der Waals surface area contributed by atoms with Crippen molar-refractivity contribution in [2.45, 2.75) is 26.4 Å². The van der Waals surface area contributed by atoms with E-state index in [4.69, 9.17) is 9.47 Å². The second-order valence-electron chi connectivity index (χ2n) is 6.16. The maximum atomic E-state index is 11.7. The highest BCUT2D eigenvalue weighted by Gasteiger charge is 2.16. The molecule has 0 aliphatic carbocycles. The molecule has 0 radical (unpaired) electrons. The number of carbonyl (C=O) groups excluding carboxylic acids is 2. The predicted molar refractivity (Wildman–Crippen MR) is 88.3 cm³/mol. The van der Waals surface area contributed by atoms with Gasteiger partial charge in [0.25, 0.3) is 5.91 Å². The van der Waals surface area contributed by atoms with Crippen molar-refractivity contribution in [3.8, 4) is 5.75 Å². The number of carbonyl (C=O) groups is 2. The molecule has 0 aromatic heterocycles. The zero-order valence-electron chi connectivity index (χ0n) is 13.6. The molecule has 0 aliphatic heterocycles. The SMILES string of the molecule is CC(C)(C)OC(=O)CNC(=O)COc1ccc2ccccc2c1. The first-order valence-electron chi connectivity index (χ1n) is 7.44. The van der Waals surface area contributed by atoms with E-state index >= 15 is 0 Å². The van der Waals surface area contributed by atoms with Crippen LogP contribution in [0.5, 0.6) is 5.75 Å². The van der Waals surface area contributed by atoms with Crippen molar-refractivity contribution in [2.24, 2.45) is 0 Å². The van der Waals surface area contributed by atoms with Crippen molar-refractivity contribution < 1.29 is 19.1 Å². The van der Waals surface area contributed by atoms with Gasteiger partial charge in [-0.15, -0.1) is 0 Å². The quantitative estimate of drug-likeness (QED) is 0.862. The van der Waals surface area contributed by atoms with Gasteiger partial charge in [-0.05, 0) is 43.7 Å². The molecule has 0 saturated heterocycles. The van der Waals surface area contributed by atoms with Gasteiger partial charge in [0.15, 0.2) is 6.61 Å². The van der Waals surface area contributed by atoms with Crippen molar-refractivity contribution >= 4 is 22.6 Å². The van der Waals surface area contributed by atoms with Crippen LogP contribution >= 0.6 is 0 Å². The van der Waals surface area contributed by atoms with Gasteiger partial charge in [-0.2, -0.15) is 0 Å². The first-order valence-corrected chi connectivity index (χ1v) is 7.44. The van der Waals surface area contributed by atoms with Crippen molar-refractivity contribution in [1.82, 2.24) is 5.32 Å². The van der Waals surface area contributed by atoms with Crippen LogP contribution in [-0.2, 0) is 14.3 Å². The zero-order valence-corrected chi connectivity index (χ0v) is 13.6. The summed E-state index contributed by atoms with van der Waals surface area (Å²) in [6.45, 7) is 5.00. The summed E-state index contributed by atoms with van der Waals surface area (Å²) in [4.78, 5) is 23.2. The van der Waals surface area contributed by atoms with Gasteiger partial charge in [0.2, 0.25) is 0 Å². The fourth-order valence-electron chi connectivity index (χ4n) is 2.01. The van der Waals surface area contributed by atoms with Crippen LogP contribution in [0.2, 0.25) is 0 Å². The number of rotatable bonds is 5. The van der Waals surface area contributed by atoms with Gasteiger partial charge in [0, 0.05) is 0 Å². The smallest absolute Gasteiger partial charge is 0.325 e. The number of ether oxygens (including phenoxy) is 2. The van der Waals surface area contributed by atoms with Crippen LogP contribution in [0.15, 0.2) is 42.5 Å². The average Bonchev–Trinajstić information content (AvgIpc) is 2.49. The third-order valence-corrected chi connectivity index (χ3v) is 2.94. The standard InChI is InChI=1S/C18H21NO4/c1-18(2,3)23-17(21)11-19-16(20)12-22-15-9-8-13-6-4-5-7-14(13)10-15/h4-10H,11-12H2,1-3H3,(H,19,20). The molecule has 122 valence electrons. The van der Waals surface area contributed by atoms with Gasteiger partial charge in [-0.1, -0.05) is 30.3 Å². The second kappa shape index (κ2) is 7.13. The highest BCUT2D eigenvalue weighted by atomic mass is 16.6. The molecule has 0 aliphatic rings. The van der Waals surface area contributed by atoms with Crippen molar-refractivity contribution in [2.75, 3.05) is 13.2 Å². The maximum absolute atomic E-state index is 11.7. The first-order chi connectivity index (χ1) is 10.8. The molecule has 0 heterocycles. The van der Waals surface area contributed by atoms with Crippen molar-refractivity contribution in [3.63, 3.8) is 0 Å². The fourth-order valence-corrected chi connectivity index (χ4v) is 2.01. The average molecular weight is 315 g/mol. The molecule has 2 aromatic rings. The van der Waals surface area contributed by atoms with Crippen LogP contribution in [0.3, 0.4) is 0 Å². The highest BCUT2D eigenvalue weighted by Crippen LogP contribution is 2.20. The Morgan fingerprint density at radius 2 is 1.74 bits per heavy atom. The van der Waals surface area contributed by atoms with Gasteiger partial charge in [-0.3, -0.25) is 9.59 Å². The molecule has 1 N–H and O–H groups in total. The molecule has 1 amide bonds. The summed E-state index contributed by atoms with van der Waals surface area (Å²) in [5.41, 5.74) is -0.566. The number of hydrogen-bond acceptors (Lipinski definition) is 4. The van der Waals surface area contributed by atoms with E-state index < -0.39 is 11.6 Å². The molecule has 0 bridgehead atoms. The van der Waals surface area contributed by atoms with E-state index in [1.54, 1.807) is 20.8 Å². The summed E-state index contributed by atoms with van der Waals surface area (Å²) in [6, 6.07) is 13.5. The summed E-state index contributed by atoms with van der Waals surface area (Å²) >= 11 is 0. The lowest BCUT2D eigenvalue weighted by atomic mass is 10.1.